The number of hydrogen-bond donors (Lipinski definition) is 1. The van der Waals surface area contributed by atoms with Gasteiger partial charge in [-0.25, -0.2) is 4.79 Å². The van der Waals surface area contributed by atoms with Crippen molar-refractivity contribution in [1.82, 2.24) is 9.78 Å². The van der Waals surface area contributed by atoms with Crippen molar-refractivity contribution in [1.29, 1.82) is 0 Å². The number of benzene rings is 1. The minimum Gasteiger partial charge on any atom is -0.476 e. The van der Waals surface area contributed by atoms with Crippen LogP contribution in [0, 0.1) is 0 Å². The Morgan fingerprint density at radius 2 is 2.06 bits per heavy atom. The second-order valence-corrected chi connectivity index (χ2v) is 4.17. The Labute approximate surface area is 104 Å². The zero-order chi connectivity index (χ0) is 12.4. The Morgan fingerprint density at radius 3 is 2.71 bits per heavy atom. The summed E-state index contributed by atoms with van der Waals surface area (Å²) in [6.45, 7) is 0. The molecule has 0 amide bonds. The van der Waals surface area contributed by atoms with E-state index in [0.29, 0.717) is 5.69 Å². The summed E-state index contributed by atoms with van der Waals surface area (Å²) in [5, 5.41) is 12.6. The molecule has 2 rings (SSSR count). The Hall–Kier alpha value is -1.95. The number of halogens is 1. The fourth-order valence-electron chi connectivity index (χ4n) is 1.32. The number of aromatic nitrogens is 2. The smallest absolute Gasteiger partial charge is 0.356 e. The van der Waals surface area contributed by atoms with Gasteiger partial charge in [0.15, 0.2) is 5.69 Å². The summed E-state index contributed by atoms with van der Waals surface area (Å²) in [6.07, 6.45) is 0. The largest absolute Gasteiger partial charge is 0.476 e. The molecule has 17 heavy (non-hydrogen) atoms. The van der Waals surface area contributed by atoms with Crippen molar-refractivity contribution in [2.24, 2.45) is 0 Å². The fourth-order valence-corrected chi connectivity index (χ4v) is 1.71. The molecule has 0 bridgehead atoms. The molecule has 0 fully saturated rings. The van der Waals surface area contributed by atoms with Gasteiger partial charge in [-0.2, -0.15) is 9.78 Å². The monoisotopic (exact) mass is 294 g/mol. The number of carboxylic acid groups (broad SMARTS) is 1. The van der Waals surface area contributed by atoms with Crippen molar-refractivity contribution in [3.05, 3.63) is 56.9 Å². The maximum atomic E-state index is 11.6. The van der Waals surface area contributed by atoms with E-state index >= 15 is 0 Å². The predicted molar refractivity (Wildman–Crippen MR) is 64.5 cm³/mol. The number of nitrogens with zero attached hydrogens (tertiary/aromatic N) is 2. The normalized spacial score (nSPS) is 10.2. The molecule has 0 aliphatic rings. The van der Waals surface area contributed by atoms with Crippen LogP contribution in [0.5, 0.6) is 0 Å². The summed E-state index contributed by atoms with van der Waals surface area (Å²) < 4.78 is 1.83. The lowest BCUT2D eigenvalue weighted by Crippen LogP contribution is -2.22. The lowest BCUT2D eigenvalue weighted by Gasteiger charge is -2.05. The van der Waals surface area contributed by atoms with Gasteiger partial charge in [0.05, 0.1) is 5.69 Å². The maximum absolute atomic E-state index is 11.6. The summed E-state index contributed by atoms with van der Waals surface area (Å²) in [6, 6.07) is 9.25. The van der Waals surface area contributed by atoms with Crippen molar-refractivity contribution in [3.63, 3.8) is 0 Å². The molecule has 0 aliphatic carbocycles. The van der Waals surface area contributed by atoms with Crippen molar-refractivity contribution >= 4 is 21.9 Å². The van der Waals surface area contributed by atoms with Crippen molar-refractivity contribution in [2.45, 2.75) is 0 Å². The molecule has 0 aliphatic heterocycles. The lowest BCUT2D eigenvalue weighted by atomic mass is 10.3. The summed E-state index contributed by atoms with van der Waals surface area (Å²) in [4.78, 5) is 22.4. The molecular formula is C11H7BrN2O3. The van der Waals surface area contributed by atoms with E-state index in [1.807, 2.05) is 0 Å². The average molecular weight is 295 g/mol. The number of carboxylic acids is 1. The highest BCUT2D eigenvalue weighted by Gasteiger charge is 2.08. The molecule has 0 radical (unpaired) electrons. The van der Waals surface area contributed by atoms with Crippen LogP contribution in [0.2, 0.25) is 0 Å². The summed E-state index contributed by atoms with van der Waals surface area (Å²) in [5.74, 6) is -1.17. The Morgan fingerprint density at radius 1 is 1.29 bits per heavy atom. The van der Waals surface area contributed by atoms with E-state index in [4.69, 9.17) is 5.11 Å². The van der Waals surface area contributed by atoms with Crippen LogP contribution < -0.4 is 5.56 Å². The van der Waals surface area contributed by atoms with Crippen LogP contribution in [-0.2, 0) is 0 Å². The van der Waals surface area contributed by atoms with E-state index in [1.54, 1.807) is 24.3 Å². The van der Waals surface area contributed by atoms with Gasteiger partial charge in [0.2, 0.25) is 0 Å². The van der Waals surface area contributed by atoms with Gasteiger partial charge in [0, 0.05) is 10.5 Å². The van der Waals surface area contributed by atoms with E-state index in [0.717, 1.165) is 9.15 Å². The third kappa shape index (κ3) is 2.42. The number of carbonyl (C=O) groups is 1. The molecule has 1 N–H and O–H groups in total. The number of rotatable bonds is 2. The van der Waals surface area contributed by atoms with E-state index < -0.39 is 5.97 Å². The minimum atomic E-state index is -1.17. The first-order valence-electron chi connectivity index (χ1n) is 4.67. The van der Waals surface area contributed by atoms with Gasteiger partial charge in [-0.05, 0) is 24.3 Å². The van der Waals surface area contributed by atoms with Gasteiger partial charge >= 0.3 is 5.97 Å². The molecule has 2 aromatic rings. The van der Waals surface area contributed by atoms with Gasteiger partial charge in [-0.15, -0.1) is 0 Å². The quantitative estimate of drug-likeness (QED) is 0.915. The second-order valence-electron chi connectivity index (χ2n) is 3.25. The Bertz CT molecular complexity index is 637. The van der Waals surface area contributed by atoms with E-state index in [-0.39, 0.29) is 11.3 Å². The second kappa shape index (κ2) is 4.50. The third-order valence-corrected chi connectivity index (χ3v) is 2.57. The zero-order valence-corrected chi connectivity index (χ0v) is 10.1. The standard InChI is InChI=1S/C11H7BrN2O3/c12-7-2-1-3-8(6-7)14-10(15)5-4-9(13-14)11(16)17/h1-6H,(H,16,17). The molecule has 0 atom stereocenters. The summed E-state index contributed by atoms with van der Waals surface area (Å²) in [5.41, 5.74) is -0.0508. The highest BCUT2D eigenvalue weighted by atomic mass is 79.9. The van der Waals surface area contributed by atoms with Gasteiger partial charge in [0.1, 0.15) is 0 Å². The first-order chi connectivity index (χ1) is 8.08. The molecule has 0 saturated carbocycles. The van der Waals surface area contributed by atoms with Crippen LogP contribution >= 0.6 is 15.9 Å². The minimum absolute atomic E-state index is 0.176. The van der Waals surface area contributed by atoms with Crippen molar-refractivity contribution < 1.29 is 9.90 Å². The van der Waals surface area contributed by atoms with E-state index in [9.17, 15) is 9.59 Å². The molecule has 86 valence electrons. The van der Waals surface area contributed by atoms with Gasteiger partial charge in [0.25, 0.3) is 5.56 Å². The average Bonchev–Trinajstić information content (AvgIpc) is 2.29. The van der Waals surface area contributed by atoms with E-state index in [2.05, 4.69) is 21.0 Å². The molecule has 6 heteroatoms. The van der Waals surface area contributed by atoms with Crippen molar-refractivity contribution in [2.75, 3.05) is 0 Å². The van der Waals surface area contributed by atoms with E-state index in [1.165, 1.54) is 12.1 Å². The maximum Gasteiger partial charge on any atom is 0.356 e. The molecule has 5 nitrogen and oxygen atoms in total. The summed E-state index contributed by atoms with van der Waals surface area (Å²) >= 11 is 3.27. The first kappa shape index (κ1) is 11.5. The SMILES string of the molecule is O=C(O)c1ccc(=O)n(-c2cccc(Br)c2)n1. The fraction of sp³-hybridized carbons (Fsp3) is 0. The highest BCUT2D eigenvalue weighted by molar-refractivity contribution is 9.10. The van der Waals surface area contributed by atoms with Gasteiger partial charge in [-0.1, -0.05) is 22.0 Å². The molecular weight excluding hydrogens is 288 g/mol. The van der Waals surface area contributed by atoms with Crippen LogP contribution in [0.1, 0.15) is 10.5 Å². The van der Waals surface area contributed by atoms with Crippen LogP contribution in [0.4, 0.5) is 0 Å². The molecule has 1 aromatic carbocycles. The molecule has 0 spiro atoms. The number of aromatic carboxylic acids is 1. The zero-order valence-electron chi connectivity index (χ0n) is 8.50. The Balaban J connectivity index is 2.62. The third-order valence-electron chi connectivity index (χ3n) is 2.07. The van der Waals surface area contributed by atoms with Gasteiger partial charge in [-0.3, -0.25) is 4.79 Å². The first-order valence-corrected chi connectivity index (χ1v) is 5.47. The van der Waals surface area contributed by atoms with Crippen molar-refractivity contribution in [3.8, 4) is 5.69 Å². The van der Waals surface area contributed by atoms with Crippen LogP contribution in [-0.4, -0.2) is 20.9 Å². The topological polar surface area (TPSA) is 72.2 Å². The van der Waals surface area contributed by atoms with Gasteiger partial charge < -0.3 is 5.11 Å². The highest BCUT2D eigenvalue weighted by Crippen LogP contribution is 2.13. The molecule has 1 aromatic heterocycles. The number of hydrogen-bond acceptors (Lipinski definition) is 3. The molecule has 0 unspecified atom stereocenters. The van der Waals surface area contributed by atoms with Crippen LogP contribution in [0.15, 0.2) is 45.7 Å². The molecule has 0 saturated heterocycles. The lowest BCUT2D eigenvalue weighted by molar-refractivity contribution is 0.0688. The molecule has 1 heterocycles. The Kier molecular flexibility index (Phi) is 3.06. The van der Waals surface area contributed by atoms with Crippen LogP contribution in [0.3, 0.4) is 0 Å². The summed E-state index contributed by atoms with van der Waals surface area (Å²) in [7, 11) is 0. The predicted octanol–water partition coefficient (Wildman–Crippen LogP) is 1.69. The van der Waals surface area contributed by atoms with Crippen LogP contribution in [0.25, 0.3) is 5.69 Å².